The summed E-state index contributed by atoms with van der Waals surface area (Å²) in [5.74, 6) is 0.535. The second-order valence-electron chi connectivity index (χ2n) is 8.51. The topological polar surface area (TPSA) is 98.3 Å². The van der Waals surface area contributed by atoms with Crippen LogP contribution in [0.2, 0.25) is 0 Å². The van der Waals surface area contributed by atoms with Gasteiger partial charge < -0.3 is 19.1 Å². The van der Waals surface area contributed by atoms with Crippen LogP contribution in [0.15, 0.2) is 42.6 Å². The van der Waals surface area contributed by atoms with Gasteiger partial charge in [-0.1, -0.05) is 81.7 Å². The zero-order chi connectivity index (χ0) is 28.8. The Labute approximate surface area is 255 Å². The molecule has 2 aromatic rings. The molecule has 0 radical (unpaired) electrons. The van der Waals surface area contributed by atoms with Crippen LogP contribution in [0.4, 0.5) is 21.1 Å². The summed E-state index contributed by atoms with van der Waals surface area (Å²) in [5.41, 5.74) is 1.54. The zero-order valence-electron chi connectivity index (χ0n) is 20.4. The molecule has 1 unspecified atom stereocenters. The average molecular weight is 662 g/mol. The standard InChI is InChI=1S/C24H23Cl6N3O6/c1-37-18-6-4-15(5-7-18)2-3-16-10-20(34)32(12-16)17-8-9-31-19(11-17)33(21(35)38-13-23(25,26)27)22(36)39-14-24(28,29)30/h4-9,11,16H,2-3,10,12-14H2,1H3. The summed E-state index contributed by atoms with van der Waals surface area (Å²) in [4.78, 5) is 44.4. The molecule has 212 valence electrons. The lowest BCUT2D eigenvalue weighted by molar-refractivity contribution is -0.117. The summed E-state index contributed by atoms with van der Waals surface area (Å²) in [7, 11) is 1.61. The second-order valence-corrected chi connectivity index (χ2v) is 13.5. The molecular weight excluding hydrogens is 639 g/mol. The van der Waals surface area contributed by atoms with E-state index in [1.54, 1.807) is 18.1 Å². The van der Waals surface area contributed by atoms with Gasteiger partial charge in [-0.2, -0.15) is 4.90 Å². The number of amides is 3. The Kier molecular flexibility index (Phi) is 11.1. The molecule has 0 saturated carbocycles. The summed E-state index contributed by atoms with van der Waals surface area (Å²) in [6, 6.07) is 10.7. The number of aromatic nitrogens is 1. The van der Waals surface area contributed by atoms with E-state index in [-0.39, 0.29) is 17.6 Å². The lowest BCUT2D eigenvalue weighted by Crippen LogP contribution is -2.40. The summed E-state index contributed by atoms with van der Waals surface area (Å²) in [5, 5.41) is 0. The maximum Gasteiger partial charge on any atom is 0.425 e. The Bertz CT molecular complexity index is 1140. The number of aryl methyl sites for hydroxylation is 1. The van der Waals surface area contributed by atoms with Crippen molar-refractivity contribution in [3.63, 3.8) is 0 Å². The number of ether oxygens (including phenoxy) is 3. The van der Waals surface area contributed by atoms with Gasteiger partial charge in [0, 0.05) is 30.9 Å². The van der Waals surface area contributed by atoms with Crippen LogP contribution in [-0.4, -0.2) is 57.5 Å². The molecule has 0 bridgehead atoms. The van der Waals surface area contributed by atoms with Gasteiger partial charge in [-0.3, -0.25) is 4.79 Å². The number of carbonyl (C=O) groups is 3. The van der Waals surface area contributed by atoms with Gasteiger partial charge in [-0.25, -0.2) is 14.6 Å². The Morgan fingerprint density at radius 1 is 1.00 bits per heavy atom. The van der Waals surface area contributed by atoms with Crippen molar-refractivity contribution in [3.8, 4) is 5.75 Å². The Hall–Kier alpha value is -1.88. The summed E-state index contributed by atoms with van der Waals surface area (Å²) < 4.78 is 11.2. The minimum absolute atomic E-state index is 0.0934. The molecule has 9 nitrogen and oxygen atoms in total. The maximum absolute atomic E-state index is 12.9. The molecule has 0 aliphatic carbocycles. The summed E-state index contributed by atoms with van der Waals surface area (Å²) in [6.07, 6.45) is 0.713. The van der Waals surface area contributed by atoms with E-state index in [2.05, 4.69) is 4.98 Å². The molecule has 3 amide bonds. The number of carbonyl (C=O) groups excluding carboxylic acids is 3. The highest BCUT2D eigenvalue weighted by molar-refractivity contribution is 6.68. The lowest BCUT2D eigenvalue weighted by Gasteiger charge is -2.23. The average Bonchev–Trinajstić information content (AvgIpc) is 3.25. The summed E-state index contributed by atoms with van der Waals surface area (Å²) in [6.45, 7) is -0.913. The predicted octanol–water partition coefficient (Wildman–Crippen LogP) is 6.90. The van der Waals surface area contributed by atoms with Crippen LogP contribution < -0.4 is 14.5 Å². The number of halogens is 6. The number of pyridine rings is 1. The Balaban J connectivity index is 1.75. The fraction of sp³-hybridized carbons (Fsp3) is 0.417. The zero-order valence-corrected chi connectivity index (χ0v) is 25.0. The molecule has 1 aliphatic heterocycles. The number of hydrogen-bond donors (Lipinski definition) is 0. The number of anilines is 2. The maximum atomic E-state index is 12.9. The van der Waals surface area contributed by atoms with Crippen molar-refractivity contribution in [2.24, 2.45) is 5.92 Å². The number of nitrogens with zero attached hydrogens (tertiary/aromatic N) is 3. The molecule has 3 rings (SSSR count). The van der Waals surface area contributed by atoms with Crippen molar-refractivity contribution in [3.05, 3.63) is 48.2 Å². The number of imide groups is 1. The van der Waals surface area contributed by atoms with Crippen molar-refractivity contribution >= 4 is 99.2 Å². The molecule has 39 heavy (non-hydrogen) atoms. The van der Waals surface area contributed by atoms with Crippen LogP contribution in [0, 0.1) is 5.92 Å². The molecule has 1 aliphatic rings. The van der Waals surface area contributed by atoms with E-state index < -0.39 is 33.0 Å². The third-order valence-corrected chi connectivity index (χ3v) is 6.21. The molecule has 15 heteroatoms. The minimum atomic E-state index is -1.94. The molecule has 0 N–H and O–H groups in total. The van der Waals surface area contributed by atoms with E-state index >= 15 is 0 Å². The van der Waals surface area contributed by atoms with Gasteiger partial charge in [0.1, 0.15) is 19.0 Å². The van der Waals surface area contributed by atoms with Crippen molar-refractivity contribution < 1.29 is 28.6 Å². The van der Waals surface area contributed by atoms with E-state index in [1.807, 2.05) is 24.3 Å². The van der Waals surface area contributed by atoms with Crippen LogP contribution in [0.25, 0.3) is 0 Å². The molecule has 1 fully saturated rings. The van der Waals surface area contributed by atoms with E-state index in [1.165, 1.54) is 12.3 Å². The van der Waals surface area contributed by atoms with E-state index in [0.29, 0.717) is 23.6 Å². The largest absolute Gasteiger partial charge is 0.497 e. The highest BCUT2D eigenvalue weighted by Gasteiger charge is 2.35. The van der Waals surface area contributed by atoms with Gasteiger partial charge in [0.15, 0.2) is 5.82 Å². The SMILES string of the molecule is COc1ccc(CCC2CC(=O)N(c3ccnc(N(C(=O)OCC(Cl)(Cl)Cl)C(=O)OCC(Cl)(Cl)Cl)c3)C2)cc1. The van der Waals surface area contributed by atoms with Crippen LogP contribution in [0.3, 0.4) is 0 Å². The van der Waals surface area contributed by atoms with Crippen molar-refractivity contribution in [1.82, 2.24) is 4.98 Å². The minimum Gasteiger partial charge on any atom is -0.497 e. The molecule has 0 spiro atoms. The molecule has 1 aromatic carbocycles. The number of hydrogen-bond acceptors (Lipinski definition) is 7. The van der Waals surface area contributed by atoms with E-state index in [4.69, 9.17) is 83.8 Å². The van der Waals surface area contributed by atoms with Crippen molar-refractivity contribution in [1.29, 1.82) is 0 Å². The number of rotatable bonds is 8. The fourth-order valence-electron chi connectivity index (χ4n) is 3.76. The third kappa shape index (κ3) is 9.92. The van der Waals surface area contributed by atoms with Gasteiger partial charge in [0.05, 0.1) is 7.11 Å². The van der Waals surface area contributed by atoms with E-state index in [9.17, 15) is 14.4 Å². The summed E-state index contributed by atoms with van der Waals surface area (Å²) >= 11 is 33.9. The number of alkyl halides is 6. The smallest absolute Gasteiger partial charge is 0.425 e. The Morgan fingerprint density at radius 3 is 2.13 bits per heavy atom. The fourth-order valence-corrected chi connectivity index (χ4v) is 4.09. The van der Waals surface area contributed by atoms with Crippen LogP contribution >= 0.6 is 69.6 Å². The first-order valence-corrected chi connectivity index (χ1v) is 13.7. The third-order valence-electron chi connectivity index (χ3n) is 5.56. The van der Waals surface area contributed by atoms with Crippen molar-refractivity contribution in [2.75, 3.05) is 36.7 Å². The monoisotopic (exact) mass is 659 g/mol. The Morgan fingerprint density at radius 2 is 1.59 bits per heavy atom. The van der Waals surface area contributed by atoms with Gasteiger partial charge in [-0.05, 0) is 42.5 Å². The van der Waals surface area contributed by atoms with Crippen molar-refractivity contribution in [2.45, 2.75) is 26.8 Å². The first-order valence-electron chi connectivity index (χ1n) is 11.4. The quantitative estimate of drug-likeness (QED) is 0.284. The lowest BCUT2D eigenvalue weighted by atomic mass is 9.99. The molecule has 2 heterocycles. The van der Waals surface area contributed by atoms with Gasteiger partial charge >= 0.3 is 12.2 Å². The predicted molar refractivity (Wildman–Crippen MR) is 152 cm³/mol. The first kappa shape index (κ1) is 31.6. The number of benzene rings is 1. The molecule has 1 atom stereocenters. The molecular formula is C24H23Cl6N3O6. The van der Waals surface area contributed by atoms with Crippen LogP contribution in [0.1, 0.15) is 18.4 Å². The highest BCUT2D eigenvalue weighted by atomic mass is 35.6. The number of methoxy groups -OCH3 is 1. The molecule has 1 aromatic heterocycles. The van der Waals surface area contributed by atoms with Crippen LogP contribution in [-0.2, 0) is 20.7 Å². The van der Waals surface area contributed by atoms with Gasteiger partial charge in [0.2, 0.25) is 13.5 Å². The van der Waals surface area contributed by atoms with E-state index in [0.717, 1.165) is 24.2 Å². The van der Waals surface area contributed by atoms with Gasteiger partial charge in [-0.15, -0.1) is 0 Å². The first-order chi connectivity index (χ1) is 18.3. The molecule has 1 saturated heterocycles. The van der Waals surface area contributed by atoms with Gasteiger partial charge in [0.25, 0.3) is 0 Å². The van der Waals surface area contributed by atoms with Crippen LogP contribution in [0.5, 0.6) is 5.75 Å². The normalized spacial score (nSPS) is 15.7. The second kappa shape index (κ2) is 13.7. The highest BCUT2D eigenvalue weighted by Crippen LogP contribution is 2.32.